The molecule has 0 bridgehead atoms. The van der Waals surface area contributed by atoms with Crippen LogP contribution in [0.1, 0.15) is 24.0 Å². The fourth-order valence-electron chi connectivity index (χ4n) is 3.13. The first-order valence-electron chi connectivity index (χ1n) is 9.36. The van der Waals surface area contributed by atoms with Gasteiger partial charge in [0, 0.05) is 19.6 Å². The topological polar surface area (TPSA) is 41.9 Å². The van der Waals surface area contributed by atoms with Gasteiger partial charge in [0.25, 0.3) is 0 Å². The molecule has 0 spiro atoms. The summed E-state index contributed by atoms with van der Waals surface area (Å²) in [5.74, 6) is 1.42. The van der Waals surface area contributed by atoms with Gasteiger partial charge >= 0.3 is 0 Å². The summed E-state index contributed by atoms with van der Waals surface area (Å²) in [4.78, 5) is 2.36. The molecule has 1 aliphatic heterocycles. The number of aliphatic hydroxyl groups is 1. The van der Waals surface area contributed by atoms with Crippen molar-refractivity contribution in [3.63, 3.8) is 0 Å². The number of halogens is 1. The highest BCUT2D eigenvalue weighted by Gasteiger charge is 2.16. The number of rotatable bonds is 5. The molecule has 5 heteroatoms. The van der Waals surface area contributed by atoms with E-state index in [0.717, 1.165) is 56.0 Å². The summed E-state index contributed by atoms with van der Waals surface area (Å²) < 4.78 is 22.9. The second kappa shape index (κ2) is 10.9. The first-order chi connectivity index (χ1) is 13.0. The van der Waals surface area contributed by atoms with Crippen LogP contribution in [0.15, 0.2) is 42.5 Å². The number of aliphatic hydroxyl groups excluding tert-OH is 1. The van der Waals surface area contributed by atoms with Crippen LogP contribution < -0.4 is 9.47 Å². The van der Waals surface area contributed by atoms with Gasteiger partial charge in [-0.15, -0.1) is 0 Å². The molecule has 1 aliphatic rings. The minimum atomic E-state index is -0.176. The van der Waals surface area contributed by atoms with Gasteiger partial charge in [-0.2, -0.15) is 0 Å². The molecule has 0 amide bonds. The van der Waals surface area contributed by atoms with E-state index < -0.39 is 0 Å². The average Bonchev–Trinajstić information content (AvgIpc) is 2.69. The zero-order valence-electron chi connectivity index (χ0n) is 16.5. The second-order valence-corrected chi connectivity index (χ2v) is 6.76. The Balaban J connectivity index is 0.000000208. The fraction of sp³-hybridized carbons (Fsp3) is 0.455. The highest BCUT2D eigenvalue weighted by molar-refractivity contribution is 5.45. The Labute approximate surface area is 161 Å². The van der Waals surface area contributed by atoms with Crippen LogP contribution in [0, 0.1) is 12.7 Å². The lowest BCUT2D eigenvalue weighted by molar-refractivity contribution is 0.0832. The lowest BCUT2D eigenvalue weighted by atomic mass is 10.1. The molecule has 0 unspecified atom stereocenters. The molecule has 2 aromatic rings. The number of hydrogen-bond acceptors (Lipinski definition) is 4. The predicted octanol–water partition coefficient (Wildman–Crippen LogP) is 3.84. The molecule has 1 saturated heterocycles. The molecular weight excluding hydrogens is 345 g/mol. The number of piperidine rings is 1. The van der Waals surface area contributed by atoms with Crippen molar-refractivity contribution in [1.82, 2.24) is 4.90 Å². The molecule has 4 nitrogen and oxygen atoms in total. The summed E-state index contributed by atoms with van der Waals surface area (Å²) in [5, 5.41) is 9.37. The van der Waals surface area contributed by atoms with E-state index in [1.807, 2.05) is 37.3 Å². The summed E-state index contributed by atoms with van der Waals surface area (Å²) in [6, 6.07) is 12.5. The number of nitrogens with zero attached hydrogens (tertiary/aromatic N) is 1. The molecule has 2 aromatic carbocycles. The van der Waals surface area contributed by atoms with Gasteiger partial charge in [-0.3, -0.25) is 0 Å². The zero-order chi connectivity index (χ0) is 19.6. The van der Waals surface area contributed by atoms with Crippen molar-refractivity contribution in [2.45, 2.75) is 32.3 Å². The maximum atomic E-state index is 12.7. The molecule has 27 heavy (non-hydrogen) atoms. The molecule has 148 valence electrons. The van der Waals surface area contributed by atoms with Gasteiger partial charge in [0.1, 0.15) is 5.82 Å². The van der Waals surface area contributed by atoms with E-state index in [2.05, 4.69) is 4.90 Å². The van der Waals surface area contributed by atoms with E-state index in [4.69, 9.17) is 9.47 Å². The number of benzene rings is 2. The molecule has 0 radical (unpaired) electrons. The van der Waals surface area contributed by atoms with Crippen LogP contribution in [0.2, 0.25) is 0 Å². The van der Waals surface area contributed by atoms with Crippen LogP contribution in [0.25, 0.3) is 0 Å². The maximum absolute atomic E-state index is 12.7. The quantitative estimate of drug-likeness (QED) is 0.862. The number of methoxy groups -OCH3 is 2. The molecule has 0 aliphatic carbocycles. The van der Waals surface area contributed by atoms with Crippen LogP contribution >= 0.6 is 0 Å². The number of ether oxygens (including phenoxy) is 2. The number of likely N-dealkylation sites (tertiary alicyclic amines) is 1. The number of aryl methyl sites for hydroxylation is 1. The number of hydrogen-bond donors (Lipinski definition) is 1. The zero-order valence-corrected chi connectivity index (χ0v) is 16.5. The maximum Gasteiger partial charge on any atom is 0.163 e. The Kier molecular flexibility index (Phi) is 8.55. The molecule has 0 atom stereocenters. The first kappa shape index (κ1) is 21.2. The van der Waals surface area contributed by atoms with Gasteiger partial charge in [-0.05, 0) is 55.5 Å². The van der Waals surface area contributed by atoms with E-state index in [-0.39, 0.29) is 11.9 Å². The van der Waals surface area contributed by atoms with E-state index in [9.17, 15) is 9.50 Å². The van der Waals surface area contributed by atoms with E-state index in [1.54, 1.807) is 14.2 Å². The minimum absolute atomic E-state index is 0.109. The molecule has 3 rings (SSSR count). The molecule has 0 saturated carbocycles. The van der Waals surface area contributed by atoms with E-state index in [1.165, 1.54) is 17.7 Å². The normalized spacial score (nSPS) is 15.0. The summed E-state index contributed by atoms with van der Waals surface area (Å²) in [6.07, 6.45) is 2.60. The Morgan fingerprint density at radius 3 is 2.26 bits per heavy atom. The van der Waals surface area contributed by atoms with Crippen molar-refractivity contribution >= 4 is 0 Å². The third-order valence-corrected chi connectivity index (χ3v) is 4.79. The number of para-hydroxylation sites is 1. The largest absolute Gasteiger partial charge is 0.493 e. The van der Waals surface area contributed by atoms with Gasteiger partial charge in [0.2, 0.25) is 0 Å². The Bertz CT molecular complexity index is 682. The van der Waals surface area contributed by atoms with Gasteiger partial charge in [-0.25, -0.2) is 4.39 Å². The van der Waals surface area contributed by atoms with Crippen LogP contribution in [0.5, 0.6) is 11.5 Å². The van der Waals surface area contributed by atoms with Crippen LogP contribution in [0.3, 0.4) is 0 Å². The molecular formula is C22H30FNO3. The average molecular weight is 375 g/mol. The molecule has 1 heterocycles. The predicted molar refractivity (Wildman–Crippen MR) is 106 cm³/mol. The summed E-state index contributed by atoms with van der Waals surface area (Å²) in [6.45, 7) is 4.93. The Morgan fingerprint density at radius 1 is 1.04 bits per heavy atom. The van der Waals surface area contributed by atoms with Crippen molar-refractivity contribution < 1.29 is 19.0 Å². The third-order valence-electron chi connectivity index (χ3n) is 4.79. The van der Waals surface area contributed by atoms with E-state index in [0.29, 0.717) is 0 Å². The molecule has 1 N–H and O–H groups in total. The Morgan fingerprint density at radius 2 is 1.70 bits per heavy atom. The van der Waals surface area contributed by atoms with Gasteiger partial charge in [0.05, 0.1) is 20.3 Å². The molecule has 1 fully saturated rings. The van der Waals surface area contributed by atoms with Crippen molar-refractivity contribution in [2.75, 3.05) is 33.9 Å². The van der Waals surface area contributed by atoms with Crippen molar-refractivity contribution in [1.29, 1.82) is 0 Å². The minimum Gasteiger partial charge on any atom is -0.493 e. The monoisotopic (exact) mass is 375 g/mol. The fourth-order valence-corrected chi connectivity index (χ4v) is 3.13. The van der Waals surface area contributed by atoms with Gasteiger partial charge in [-0.1, -0.05) is 24.3 Å². The van der Waals surface area contributed by atoms with Gasteiger partial charge < -0.3 is 19.5 Å². The third kappa shape index (κ3) is 6.85. The van der Waals surface area contributed by atoms with Crippen molar-refractivity contribution in [3.05, 3.63) is 59.4 Å². The lowest BCUT2D eigenvalue weighted by Gasteiger charge is -2.29. The summed E-state index contributed by atoms with van der Waals surface area (Å²) in [5.41, 5.74) is 2.26. The van der Waals surface area contributed by atoms with Crippen molar-refractivity contribution in [3.8, 4) is 11.5 Å². The molecule has 0 aromatic heterocycles. The van der Waals surface area contributed by atoms with Crippen LogP contribution in [-0.2, 0) is 6.42 Å². The van der Waals surface area contributed by atoms with Crippen LogP contribution in [0.4, 0.5) is 4.39 Å². The summed E-state index contributed by atoms with van der Waals surface area (Å²) in [7, 11) is 3.28. The Hall–Kier alpha value is -2.11. The summed E-state index contributed by atoms with van der Waals surface area (Å²) >= 11 is 0. The highest BCUT2D eigenvalue weighted by atomic mass is 19.1. The SMILES string of the molecule is COc1cccc(C)c1OC.OC1CCN(CCc2ccc(F)cc2)CC1. The van der Waals surface area contributed by atoms with Crippen molar-refractivity contribution in [2.24, 2.45) is 0 Å². The smallest absolute Gasteiger partial charge is 0.163 e. The van der Waals surface area contributed by atoms with Crippen LogP contribution in [-0.4, -0.2) is 50.0 Å². The second-order valence-electron chi connectivity index (χ2n) is 6.76. The lowest BCUT2D eigenvalue weighted by Crippen LogP contribution is -2.37. The first-order valence-corrected chi connectivity index (χ1v) is 9.36. The highest BCUT2D eigenvalue weighted by Crippen LogP contribution is 2.29. The van der Waals surface area contributed by atoms with Gasteiger partial charge in [0.15, 0.2) is 11.5 Å². The van der Waals surface area contributed by atoms with E-state index >= 15 is 0 Å². The standard InChI is InChI=1S/C13H18FNO.C9H12O2/c14-12-3-1-11(2-4-12)5-8-15-9-6-13(16)7-10-15;1-7-5-4-6-8(10-2)9(7)11-3/h1-4,13,16H,5-10H2;4-6H,1-3H3.